The van der Waals surface area contributed by atoms with Gasteiger partial charge in [-0.25, -0.2) is 12.8 Å². The zero-order valence-corrected chi connectivity index (χ0v) is 12.9. The van der Waals surface area contributed by atoms with Crippen molar-refractivity contribution >= 4 is 31.6 Å². The van der Waals surface area contributed by atoms with Crippen molar-refractivity contribution in [2.75, 3.05) is 4.72 Å². The molecule has 0 fully saturated rings. The molecule has 2 aromatic rings. The van der Waals surface area contributed by atoms with Gasteiger partial charge >= 0.3 is 0 Å². The molecule has 8 heteroatoms. The highest BCUT2D eigenvalue weighted by Crippen LogP contribution is 2.25. The fourth-order valence-electron chi connectivity index (χ4n) is 1.66. The van der Waals surface area contributed by atoms with Gasteiger partial charge < -0.3 is 10.2 Å². The molecule has 1 aromatic carbocycles. The summed E-state index contributed by atoms with van der Waals surface area (Å²) in [4.78, 5) is -0.0553. The Balaban J connectivity index is 2.38. The fraction of sp³-hybridized carbons (Fsp3) is 0.167. The second-order valence-electron chi connectivity index (χ2n) is 4.07. The number of nitrogens with two attached hydrogens (primary N) is 1. The lowest BCUT2D eigenvalue weighted by Crippen LogP contribution is -2.14. The monoisotopic (exact) mass is 362 g/mol. The highest BCUT2D eigenvalue weighted by Gasteiger charge is 2.22. The summed E-state index contributed by atoms with van der Waals surface area (Å²) in [7, 11) is -3.92. The number of rotatable bonds is 4. The molecule has 0 saturated heterocycles. The maximum Gasteiger partial charge on any atom is 0.265 e. The molecule has 0 amide bonds. The Bertz CT molecular complexity index is 743. The summed E-state index contributed by atoms with van der Waals surface area (Å²) < 4.78 is 46.0. The Kier molecular flexibility index (Phi) is 4.17. The van der Waals surface area contributed by atoms with E-state index in [4.69, 9.17) is 10.2 Å². The molecule has 0 aliphatic carbocycles. The first-order valence-corrected chi connectivity index (χ1v) is 7.88. The number of furan rings is 1. The number of anilines is 1. The Hall–Kier alpha value is -1.38. The van der Waals surface area contributed by atoms with Gasteiger partial charge in [0.2, 0.25) is 0 Å². The molecule has 0 saturated carbocycles. The molecule has 2 rings (SSSR count). The average molecular weight is 363 g/mol. The van der Waals surface area contributed by atoms with E-state index in [0.717, 1.165) is 0 Å². The van der Waals surface area contributed by atoms with Gasteiger partial charge in [-0.05, 0) is 25.1 Å². The second kappa shape index (κ2) is 5.55. The van der Waals surface area contributed by atoms with E-state index < -0.39 is 15.8 Å². The predicted molar refractivity (Wildman–Crippen MR) is 76.2 cm³/mol. The minimum Gasteiger partial charge on any atom is -0.464 e. The van der Waals surface area contributed by atoms with Gasteiger partial charge in [0.15, 0.2) is 0 Å². The van der Waals surface area contributed by atoms with Crippen molar-refractivity contribution in [2.45, 2.75) is 18.4 Å². The summed E-state index contributed by atoms with van der Waals surface area (Å²) in [5.41, 5.74) is 5.26. The van der Waals surface area contributed by atoms with Crippen LogP contribution >= 0.6 is 15.9 Å². The first-order valence-electron chi connectivity index (χ1n) is 5.60. The minimum absolute atomic E-state index is 0.0553. The van der Waals surface area contributed by atoms with Gasteiger partial charge in [-0.2, -0.15) is 0 Å². The standard InChI is InChI=1S/C12H12BrFN2O3S/c1-7-12(5-9(6-15)19-7)20(17,18)16-11-3-2-8(13)4-10(11)14/h2-5,16H,6,15H2,1H3. The Labute approximate surface area is 124 Å². The zero-order valence-electron chi connectivity index (χ0n) is 10.5. The van der Waals surface area contributed by atoms with Crippen LogP contribution in [0.3, 0.4) is 0 Å². The van der Waals surface area contributed by atoms with Crippen molar-refractivity contribution in [3.63, 3.8) is 0 Å². The first-order chi connectivity index (χ1) is 9.33. The van der Waals surface area contributed by atoms with Crippen LogP contribution in [0.5, 0.6) is 0 Å². The number of hydrogen-bond donors (Lipinski definition) is 2. The molecule has 5 nitrogen and oxygen atoms in total. The number of hydrogen-bond acceptors (Lipinski definition) is 4. The number of halogens is 2. The van der Waals surface area contributed by atoms with Gasteiger partial charge in [0.1, 0.15) is 22.2 Å². The Morgan fingerprint density at radius 1 is 1.40 bits per heavy atom. The molecule has 0 atom stereocenters. The number of sulfonamides is 1. The molecule has 1 heterocycles. The SMILES string of the molecule is Cc1oc(CN)cc1S(=O)(=O)Nc1ccc(Br)cc1F. The smallest absolute Gasteiger partial charge is 0.265 e. The van der Waals surface area contributed by atoms with Gasteiger partial charge in [-0.3, -0.25) is 4.72 Å². The van der Waals surface area contributed by atoms with E-state index in [-0.39, 0.29) is 22.9 Å². The first kappa shape index (κ1) is 15.0. The molecular weight excluding hydrogens is 351 g/mol. The summed E-state index contributed by atoms with van der Waals surface area (Å²) in [5, 5.41) is 0. The summed E-state index contributed by atoms with van der Waals surface area (Å²) in [6, 6.07) is 5.37. The molecule has 0 aliphatic rings. The maximum absolute atomic E-state index is 13.7. The van der Waals surface area contributed by atoms with E-state index in [1.165, 1.54) is 31.2 Å². The highest BCUT2D eigenvalue weighted by atomic mass is 79.9. The summed E-state index contributed by atoms with van der Waals surface area (Å²) in [5.74, 6) is -0.127. The molecule has 108 valence electrons. The zero-order chi connectivity index (χ0) is 14.9. The van der Waals surface area contributed by atoms with Gasteiger partial charge in [0, 0.05) is 10.5 Å². The van der Waals surface area contributed by atoms with E-state index in [1.807, 2.05) is 0 Å². The van der Waals surface area contributed by atoms with Crippen molar-refractivity contribution < 1.29 is 17.2 Å². The predicted octanol–water partition coefficient (Wildman–Crippen LogP) is 2.75. The normalized spacial score (nSPS) is 11.6. The molecule has 0 spiro atoms. The van der Waals surface area contributed by atoms with E-state index in [2.05, 4.69) is 20.7 Å². The number of aryl methyl sites for hydroxylation is 1. The van der Waals surface area contributed by atoms with Crippen molar-refractivity contribution in [3.05, 3.63) is 46.1 Å². The van der Waals surface area contributed by atoms with E-state index in [1.54, 1.807) is 0 Å². The molecule has 0 unspecified atom stereocenters. The van der Waals surface area contributed by atoms with Crippen molar-refractivity contribution in [2.24, 2.45) is 5.73 Å². The van der Waals surface area contributed by atoms with E-state index in [9.17, 15) is 12.8 Å². The largest absolute Gasteiger partial charge is 0.464 e. The van der Waals surface area contributed by atoms with Crippen molar-refractivity contribution in [3.8, 4) is 0 Å². The molecule has 0 bridgehead atoms. The van der Waals surface area contributed by atoms with E-state index in [0.29, 0.717) is 10.2 Å². The topological polar surface area (TPSA) is 85.3 Å². The minimum atomic E-state index is -3.92. The molecule has 0 radical (unpaired) electrons. The van der Waals surface area contributed by atoms with Crippen LogP contribution in [-0.4, -0.2) is 8.42 Å². The fourth-order valence-corrected chi connectivity index (χ4v) is 3.27. The third kappa shape index (κ3) is 3.02. The molecule has 20 heavy (non-hydrogen) atoms. The van der Waals surface area contributed by atoms with Crippen LogP contribution in [0.4, 0.5) is 10.1 Å². The second-order valence-corrected chi connectivity index (χ2v) is 6.63. The number of nitrogens with one attached hydrogen (secondary N) is 1. The van der Waals surface area contributed by atoms with E-state index >= 15 is 0 Å². The maximum atomic E-state index is 13.7. The van der Waals surface area contributed by atoms with Crippen LogP contribution in [0.1, 0.15) is 11.5 Å². The quantitative estimate of drug-likeness (QED) is 0.875. The third-order valence-electron chi connectivity index (χ3n) is 2.59. The molecule has 1 aromatic heterocycles. The van der Waals surface area contributed by atoms with Crippen LogP contribution < -0.4 is 10.5 Å². The Morgan fingerprint density at radius 2 is 2.10 bits per heavy atom. The molecular formula is C12H12BrFN2O3S. The Morgan fingerprint density at radius 3 is 2.65 bits per heavy atom. The third-order valence-corrected chi connectivity index (χ3v) is 4.56. The van der Waals surface area contributed by atoms with Gasteiger partial charge in [-0.15, -0.1) is 0 Å². The molecule has 0 aliphatic heterocycles. The van der Waals surface area contributed by atoms with Gasteiger partial charge in [0.25, 0.3) is 10.0 Å². The summed E-state index contributed by atoms with van der Waals surface area (Å²) >= 11 is 3.10. The summed E-state index contributed by atoms with van der Waals surface area (Å²) in [6.07, 6.45) is 0. The lowest BCUT2D eigenvalue weighted by atomic mass is 10.3. The van der Waals surface area contributed by atoms with Crippen LogP contribution in [0, 0.1) is 12.7 Å². The summed E-state index contributed by atoms with van der Waals surface area (Å²) in [6.45, 7) is 1.59. The van der Waals surface area contributed by atoms with Crippen LogP contribution in [0.25, 0.3) is 0 Å². The average Bonchev–Trinajstić information content (AvgIpc) is 2.75. The van der Waals surface area contributed by atoms with Gasteiger partial charge in [-0.1, -0.05) is 15.9 Å². The van der Waals surface area contributed by atoms with Crippen molar-refractivity contribution in [1.29, 1.82) is 0 Å². The lowest BCUT2D eigenvalue weighted by Gasteiger charge is -2.08. The van der Waals surface area contributed by atoms with Crippen molar-refractivity contribution in [1.82, 2.24) is 0 Å². The van der Waals surface area contributed by atoms with Gasteiger partial charge in [0.05, 0.1) is 12.2 Å². The highest BCUT2D eigenvalue weighted by molar-refractivity contribution is 9.10. The van der Waals surface area contributed by atoms with Crippen LogP contribution in [-0.2, 0) is 16.6 Å². The van der Waals surface area contributed by atoms with Crippen LogP contribution in [0.2, 0.25) is 0 Å². The van der Waals surface area contributed by atoms with Crippen LogP contribution in [0.15, 0.2) is 38.1 Å². The lowest BCUT2D eigenvalue weighted by molar-refractivity contribution is 0.479. The number of benzene rings is 1. The molecule has 3 N–H and O–H groups in total.